The molecule has 0 bridgehead atoms. The van der Waals surface area contributed by atoms with Crippen molar-refractivity contribution < 1.29 is 0 Å². The van der Waals surface area contributed by atoms with Crippen molar-refractivity contribution in [3.8, 4) is 0 Å². The van der Waals surface area contributed by atoms with Crippen LogP contribution in [0.3, 0.4) is 0 Å². The van der Waals surface area contributed by atoms with Crippen LogP contribution in [0.2, 0.25) is 0 Å². The fourth-order valence-electron chi connectivity index (χ4n) is 1.40. The van der Waals surface area contributed by atoms with E-state index in [4.69, 9.17) is 5.73 Å². The van der Waals surface area contributed by atoms with Gasteiger partial charge in [-0.05, 0) is 20.3 Å². The monoisotopic (exact) mass is 223 g/mol. The van der Waals surface area contributed by atoms with Gasteiger partial charge in [-0.2, -0.15) is 9.97 Å². The first-order chi connectivity index (χ1) is 7.58. The summed E-state index contributed by atoms with van der Waals surface area (Å²) in [5.74, 6) is 1.95. The first-order valence-electron chi connectivity index (χ1n) is 5.69. The topological polar surface area (TPSA) is 67.1 Å². The summed E-state index contributed by atoms with van der Waals surface area (Å²) < 4.78 is 0. The van der Waals surface area contributed by atoms with E-state index in [0.29, 0.717) is 12.0 Å². The van der Waals surface area contributed by atoms with Gasteiger partial charge in [-0.1, -0.05) is 6.92 Å². The van der Waals surface area contributed by atoms with Crippen LogP contribution < -0.4 is 16.0 Å². The lowest BCUT2D eigenvalue weighted by Gasteiger charge is -2.25. The highest BCUT2D eigenvalue weighted by Gasteiger charge is 2.11. The SMILES string of the molecule is CCNc1cc(N(C)C(C)CC)nc(N)n1. The van der Waals surface area contributed by atoms with Gasteiger partial charge in [-0.15, -0.1) is 0 Å². The molecule has 16 heavy (non-hydrogen) atoms. The molecule has 0 radical (unpaired) electrons. The van der Waals surface area contributed by atoms with Crippen molar-refractivity contribution in [1.29, 1.82) is 0 Å². The number of nitrogens with zero attached hydrogens (tertiary/aromatic N) is 3. The molecule has 90 valence electrons. The minimum atomic E-state index is 0.309. The number of rotatable bonds is 5. The summed E-state index contributed by atoms with van der Waals surface area (Å²) in [5, 5.41) is 3.14. The van der Waals surface area contributed by atoms with Gasteiger partial charge in [0.25, 0.3) is 0 Å². The third-order valence-electron chi connectivity index (χ3n) is 2.70. The van der Waals surface area contributed by atoms with Crippen LogP contribution in [0.4, 0.5) is 17.6 Å². The van der Waals surface area contributed by atoms with Gasteiger partial charge in [0.2, 0.25) is 5.95 Å². The fraction of sp³-hybridized carbons (Fsp3) is 0.636. The second kappa shape index (κ2) is 5.53. The molecule has 0 spiro atoms. The van der Waals surface area contributed by atoms with E-state index in [-0.39, 0.29) is 0 Å². The Bertz CT molecular complexity index is 339. The van der Waals surface area contributed by atoms with E-state index in [2.05, 4.69) is 34.0 Å². The number of aromatic nitrogens is 2. The Kier molecular flexibility index (Phi) is 4.34. The summed E-state index contributed by atoms with van der Waals surface area (Å²) >= 11 is 0. The molecule has 0 aliphatic carbocycles. The van der Waals surface area contributed by atoms with Crippen LogP contribution in [0.5, 0.6) is 0 Å². The molecule has 0 fully saturated rings. The quantitative estimate of drug-likeness (QED) is 0.795. The summed E-state index contributed by atoms with van der Waals surface area (Å²) in [4.78, 5) is 10.5. The molecular weight excluding hydrogens is 202 g/mol. The van der Waals surface area contributed by atoms with Crippen LogP contribution in [0.15, 0.2) is 6.07 Å². The molecule has 0 aromatic carbocycles. The van der Waals surface area contributed by atoms with E-state index in [1.807, 2.05) is 20.0 Å². The Balaban J connectivity index is 2.94. The van der Waals surface area contributed by atoms with E-state index in [1.54, 1.807) is 0 Å². The summed E-state index contributed by atoms with van der Waals surface area (Å²) in [6, 6.07) is 2.36. The average molecular weight is 223 g/mol. The van der Waals surface area contributed by atoms with Crippen molar-refractivity contribution in [2.45, 2.75) is 33.2 Å². The first kappa shape index (κ1) is 12.5. The van der Waals surface area contributed by atoms with Gasteiger partial charge < -0.3 is 16.0 Å². The zero-order valence-electron chi connectivity index (χ0n) is 10.5. The number of hydrogen-bond donors (Lipinski definition) is 2. The minimum absolute atomic E-state index is 0.309. The maximum atomic E-state index is 5.68. The number of nitrogen functional groups attached to an aromatic ring is 1. The third-order valence-corrected chi connectivity index (χ3v) is 2.70. The Morgan fingerprint density at radius 3 is 2.69 bits per heavy atom. The van der Waals surface area contributed by atoms with Crippen molar-refractivity contribution in [3.05, 3.63) is 6.07 Å². The molecule has 0 aliphatic rings. The molecule has 0 saturated carbocycles. The predicted octanol–water partition coefficient (Wildman–Crippen LogP) is 1.73. The van der Waals surface area contributed by atoms with Crippen LogP contribution in [0.1, 0.15) is 27.2 Å². The maximum Gasteiger partial charge on any atom is 0.223 e. The van der Waals surface area contributed by atoms with E-state index >= 15 is 0 Å². The van der Waals surface area contributed by atoms with Crippen molar-refractivity contribution in [2.75, 3.05) is 29.5 Å². The van der Waals surface area contributed by atoms with Crippen LogP contribution in [0.25, 0.3) is 0 Å². The summed E-state index contributed by atoms with van der Waals surface area (Å²) in [5.41, 5.74) is 5.68. The predicted molar refractivity (Wildman–Crippen MR) is 68.8 cm³/mol. The van der Waals surface area contributed by atoms with Gasteiger partial charge >= 0.3 is 0 Å². The standard InChI is InChI=1S/C11H21N5/c1-5-8(3)16(4)10-7-9(13-6-2)14-11(12)15-10/h7-8H,5-6H2,1-4H3,(H3,12,13,14,15). The number of nitrogens with two attached hydrogens (primary N) is 1. The Morgan fingerprint density at radius 2 is 2.12 bits per heavy atom. The molecule has 0 aliphatic heterocycles. The summed E-state index contributed by atoms with van der Waals surface area (Å²) in [7, 11) is 2.02. The molecule has 1 aromatic heterocycles. The van der Waals surface area contributed by atoms with Crippen LogP contribution >= 0.6 is 0 Å². The second-order valence-electron chi connectivity index (χ2n) is 3.87. The molecule has 1 aromatic rings. The molecule has 1 heterocycles. The molecular formula is C11H21N5. The largest absolute Gasteiger partial charge is 0.370 e. The van der Waals surface area contributed by atoms with Gasteiger partial charge in [0.15, 0.2) is 0 Å². The van der Waals surface area contributed by atoms with Gasteiger partial charge in [0.05, 0.1) is 0 Å². The minimum Gasteiger partial charge on any atom is -0.370 e. The summed E-state index contributed by atoms with van der Waals surface area (Å²) in [6.45, 7) is 7.15. The molecule has 5 nitrogen and oxygen atoms in total. The Labute approximate surface area is 97.1 Å². The molecule has 1 rings (SSSR count). The molecule has 0 amide bonds. The smallest absolute Gasteiger partial charge is 0.223 e. The van der Waals surface area contributed by atoms with Crippen LogP contribution in [-0.2, 0) is 0 Å². The van der Waals surface area contributed by atoms with E-state index in [1.165, 1.54) is 0 Å². The second-order valence-corrected chi connectivity index (χ2v) is 3.87. The lowest BCUT2D eigenvalue weighted by Crippen LogP contribution is -2.29. The van der Waals surface area contributed by atoms with Gasteiger partial charge in [0.1, 0.15) is 11.6 Å². The number of hydrogen-bond acceptors (Lipinski definition) is 5. The van der Waals surface area contributed by atoms with Gasteiger partial charge in [0, 0.05) is 25.7 Å². The van der Waals surface area contributed by atoms with Gasteiger partial charge in [-0.25, -0.2) is 0 Å². The lowest BCUT2D eigenvalue weighted by atomic mass is 10.2. The maximum absolute atomic E-state index is 5.68. The molecule has 1 unspecified atom stereocenters. The average Bonchev–Trinajstić information content (AvgIpc) is 2.26. The molecule has 1 atom stereocenters. The highest BCUT2D eigenvalue weighted by Crippen LogP contribution is 2.18. The van der Waals surface area contributed by atoms with E-state index < -0.39 is 0 Å². The van der Waals surface area contributed by atoms with Crippen LogP contribution in [-0.4, -0.2) is 29.6 Å². The molecule has 3 N–H and O–H groups in total. The van der Waals surface area contributed by atoms with Crippen molar-refractivity contribution in [3.63, 3.8) is 0 Å². The number of anilines is 3. The lowest BCUT2D eigenvalue weighted by molar-refractivity contribution is 0.657. The van der Waals surface area contributed by atoms with Crippen molar-refractivity contribution >= 4 is 17.6 Å². The zero-order valence-corrected chi connectivity index (χ0v) is 10.5. The Hall–Kier alpha value is -1.52. The Morgan fingerprint density at radius 1 is 1.44 bits per heavy atom. The highest BCUT2D eigenvalue weighted by atomic mass is 15.2. The van der Waals surface area contributed by atoms with E-state index in [0.717, 1.165) is 24.6 Å². The van der Waals surface area contributed by atoms with E-state index in [9.17, 15) is 0 Å². The van der Waals surface area contributed by atoms with Crippen LogP contribution in [0, 0.1) is 0 Å². The zero-order chi connectivity index (χ0) is 12.1. The highest BCUT2D eigenvalue weighted by molar-refractivity contribution is 5.52. The normalized spacial score (nSPS) is 12.2. The molecule has 5 heteroatoms. The summed E-state index contributed by atoms with van der Waals surface area (Å²) in [6.07, 6.45) is 1.07. The fourth-order valence-corrected chi connectivity index (χ4v) is 1.40. The first-order valence-corrected chi connectivity index (χ1v) is 5.69. The third kappa shape index (κ3) is 2.98. The van der Waals surface area contributed by atoms with Gasteiger partial charge in [-0.3, -0.25) is 0 Å². The van der Waals surface area contributed by atoms with Crippen molar-refractivity contribution in [2.24, 2.45) is 0 Å². The number of nitrogens with one attached hydrogen (secondary N) is 1. The van der Waals surface area contributed by atoms with Crippen molar-refractivity contribution in [1.82, 2.24) is 9.97 Å². The molecule has 0 saturated heterocycles.